The number of nitrogens with one attached hydrogen (secondary N) is 1. The third-order valence-corrected chi connectivity index (χ3v) is 13.4. The van der Waals surface area contributed by atoms with E-state index in [0.29, 0.717) is 30.1 Å². The number of carbonyl (C=O) groups is 3. The van der Waals surface area contributed by atoms with E-state index in [1.807, 2.05) is 42.7 Å². The zero-order valence-electron chi connectivity index (χ0n) is 32.1. The average molecular weight is 739 g/mol. The molecule has 3 aliphatic rings. The molecule has 2 N–H and O–H groups in total. The minimum Gasteiger partial charge on any atom is -0.480 e. The van der Waals surface area contributed by atoms with Crippen molar-refractivity contribution in [2.24, 2.45) is 17.8 Å². The molecule has 2 aromatic heterocycles. The summed E-state index contributed by atoms with van der Waals surface area (Å²) in [5.74, 6) is 1.57. The molecule has 53 heavy (non-hydrogen) atoms. The fourth-order valence-corrected chi connectivity index (χ4v) is 9.59. The summed E-state index contributed by atoms with van der Waals surface area (Å²) in [5, 5.41) is 12.7. The molecule has 1 saturated heterocycles. The van der Waals surface area contributed by atoms with Gasteiger partial charge in [-0.05, 0) is 91.4 Å². The van der Waals surface area contributed by atoms with Crippen molar-refractivity contribution >= 4 is 34.7 Å². The van der Waals surface area contributed by atoms with Gasteiger partial charge in [-0.3, -0.25) is 9.59 Å². The molecule has 9 heteroatoms. The van der Waals surface area contributed by atoms with Gasteiger partial charge in [0.2, 0.25) is 5.91 Å². The summed E-state index contributed by atoms with van der Waals surface area (Å²) in [6.45, 7) is 8.94. The Morgan fingerprint density at radius 3 is 2.28 bits per heavy atom. The van der Waals surface area contributed by atoms with Gasteiger partial charge in [0.05, 0.1) is 4.88 Å². The Morgan fingerprint density at radius 1 is 0.925 bits per heavy atom. The highest BCUT2D eigenvalue weighted by Gasteiger charge is 2.38. The van der Waals surface area contributed by atoms with Gasteiger partial charge in [0.15, 0.2) is 5.82 Å². The van der Waals surface area contributed by atoms with E-state index in [0.717, 1.165) is 52.2 Å². The minimum absolute atomic E-state index is 0.0998. The Morgan fingerprint density at radius 2 is 1.66 bits per heavy atom. The quantitative estimate of drug-likeness (QED) is 0.169. The number of thiophene rings is 1. The first-order valence-electron chi connectivity index (χ1n) is 20.1. The monoisotopic (exact) mass is 738 g/mol. The van der Waals surface area contributed by atoms with E-state index < -0.39 is 18.1 Å². The van der Waals surface area contributed by atoms with Crippen LogP contribution in [-0.2, 0) is 21.4 Å². The van der Waals surface area contributed by atoms with E-state index in [1.54, 1.807) is 6.07 Å². The lowest BCUT2D eigenvalue weighted by atomic mass is 9.70. The average Bonchev–Trinajstić information content (AvgIpc) is 3.87. The highest BCUT2D eigenvalue weighted by Crippen LogP contribution is 2.42. The van der Waals surface area contributed by atoms with Crippen molar-refractivity contribution in [2.75, 3.05) is 6.54 Å². The molecule has 3 atom stereocenters. The number of aromatic nitrogens is 2. The number of aliphatic carboxylic acids is 1. The van der Waals surface area contributed by atoms with E-state index in [4.69, 9.17) is 9.97 Å². The minimum atomic E-state index is -1.01. The number of carboxylic acids is 1. The van der Waals surface area contributed by atoms with E-state index in [9.17, 15) is 19.5 Å². The van der Waals surface area contributed by atoms with Gasteiger partial charge in [0.1, 0.15) is 12.1 Å². The van der Waals surface area contributed by atoms with Crippen molar-refractivity contribution in [3.63, 3.8) is 0 Å². The molecule has 6 rings (SSSR count). The fraction of sp³-hybridized carbons (Fsp3) is 0.568. The first-order chi connectivity index (χ1) is 25.5. The summed E-state index contributed by atoms with van der Waals surface area (Å²) >= 11 is 1.41. The van der Waals surface area contributed by atoms with Crippen molar-refractivity contribution in [2.45, 2.75) is 135 Å². The molecule has 0 spiro atoms. The predicted octanol–water partition coefficient (Wildman–Crippen LogP) is 9.49. The number of allylic oxidation sites excluding steroid dienone is 2. The maximum Gasteiger partial charge on any atom is 0.326 e. The van der Waals surface area contributed by atoms with Gasteiger partial charge in [-0.2, -0.15) is 0 Å². The fourth-order valence-electron chi connectivity index (χ4n) is 8.62. The van der Waals surface area contributed by atoms with Crippen molar-refractivity contribution < 1.29 is 19.5 Å². The summed E-state index contributed by atoms with van der Waals surface area (Å²) in [6, 6.07) is 9.72. The first kappa shape index (κ1) is 38.9. The molecular weight excluding hydrogens is 681 g/mol. The Bertz CT molecular complexity index is 1730. The molecule has 1 saturated carbocycles. The Labute approximate surface area is 319 Å². The third kappa shape index (κ3) is 9.83. The first-order valence-corrected chi connectivity index (χ1v) is 20.9. The molecule has 8 nitrogen and oxygen atoms in total. The van der Waals surface area contributed by atoms with E-state index >= 15 is 0 Å². The van der Waals surface area contributed by atoms with Gasteiger partial charge in [-0.1, -0.05) is 96.6 Å². The van der Waals surface area contributed by atoms with Crippen LogP contribution in [0.15, 0.2) is 54.9 Å². The summed E-state index contributed by atoms with van der Waals surface area (Å²) in [4.78, 5) is 51.7. The summed E-state index contributed by atoms with van der Waals surface area (Å²) < 4.78 is 0. The van der Waals surface area contributed by atoms with Gasteiger partial charge < -0.3 is 15.3 Å². The second kappa shape index (κ2) is 17.5. The highest BCUT2D eigenvalue weighted by molar-refractivity contribution is 7.14. The van der Waals surface area contributed by atoms with Gasteiger partial charge in [0, 0.05) is 41.4 Å². The van der Waals surface area contributed by atoms with Gasteiger partial charge in [-0.15, -0.1) is 11.3 Å². The number of nitrogens with zero attached hydrogens (tertiary/aromatic N) is 3. The lowest BCUT2D eigenvalue weighted by Crippen LogP contribution is -2.52. The summed E-state index contributed by atoms with van der Waals surface area (Å²) in [5.41, 5.74) is 4.08. The summed E-state index contributed by atoms with van der Waals surface area (Å²) in [6.07, 6.45) is 22.3. The van der Waals surface area contributed by atoms with E-state index in [1.165, 1.54) is 79.6 Å². The van der Waals surface area contributed by atoms with Crippen LogP contribution in [0.25, 0.3) is 17.0 Å². The normalized spacial score (nSPS) is 22.6. The molecular formula is C44H58N4O4S. The van der Waals surface area contributed by atoms with Crippen LogP contribution >= 0.6 is 11.3 Å². The largest absolute Gasteiger partial charge is 0.480 e. The Hall–Kier alpha value is -3.85. The van der Waals surface area contributed by atoms with Crippen molar-refractivity contribution in [3.05, 3.63) is 75.7 Å². The number of hydrogen-bond acceptors (Lipinski definition) is 6. The smallest absolute Gasteiger partial charge is 0.326 e. The number of carboxylic acid groups (broad SMARTS) is 1. The SMILES string of the molecule is CCCCCC1CCC(C2CC=C(c3cnc(-c4ccc(C[C@H](NC(=O)c5ccc(C(C)(C)C)s5)C(=O)N5CCC[C@H]5C(=O)O)cc4)nc3)CC2)CC1. The van der Waals surface area contributed by atoms with Crippen LogP contribution in [-0.4, -0.2) is 56.4 Å². The third-order valence-electron chi connectivity index (χ3n) is 11.9. The van der Waals surface area contributed by atoms with Crippen LogP contribution in [0, 0.1) is 17.8 Å². The van der Waals surface area contributed by atoms with E-state index in [-0.39, 0.29) is 23.7 Å². The highest BCUT2D eigenvalue weighted by atomic mass is 32.1. The van der Waals surface area contributed by atoms with Crippen LogP contribution in [0.4, 0.5) is 0 Å². The van der Waals surface area contributed by atoms with Crippen LogP contribution in [0.5, 0.6) is 0 Å². The number of carbonyl (C=O) groups excluding carboxylic acids is 2. The number of hydrogen-bond donors (Lipinski definition) is 2. The number of likely N-dealkylation sites (tertiary alicyclic amines) is 1. The number of benzene rings is 1. The van der Waals surface area contributed by atoms with Gasteiger partial charge in [0.25, 0.3) is 5.91 Å². The number of rotatable bonds is 13. The van der Waals surface area contributed by atoms with E-state index in [2.05, 4.69) is 39.1 Å². The van der Waals surface area contributed by atoms with Crippen LogP contribution in [0.2, 0.25) is 0 Å². The van der Waals surface area contributed by atoms with Gasteiger partial charge >= 0.3 is 5.97 Å². The molecule has 1 aliphatic heterocycles. The molecule has 3 heterocycles. The molecule has 3 aromatic rings. The molecule has 0 radical (unpaired) electrons. The second-order valence-electron chi connectivity index (χ2n) is 16.7. The number of amides is 2. The standard InChI is InChI=1S/C44H58N4O4S/c1-5-6-7-9-29-11-15-31(16-12-29)32-19-21-33(22-20-32)35-27-45-40(46-28-35)34-17-13-30(14-18-34)26-36(42(50)48-25-8-10-37(48)43(51)52)47-41(49)38-23-24-39(53-38)44(2,3)4/h13-14,17-18,21,23-24,27-29,31-32,36-37H,5-12,15-16,19-20,22,25-26H2,1-4H3,(H,47,49)(H,51,52)/t29?,31?,32?,36-,37-/m0/s1. The summed E-state index contributed by atoms with van der Waals surface area (Å²) in [7, 11) is 0. The number of unbranched alkanes of at least 4 members (excludes halogenated alkanes) is 2. The lowest BCUT2D eigenvalue weighted by Gasteiger charge is -2.35. The second-order valence-corrected chi connectivity index (χ2v) is 17.8. The molecule has 2 aliphatic carbocycles. The molecule has 284 valence electrons. The zero-order valence-corrected chi connectivity index (χ0v) is 32.9. The maximum absolute atomic E-state index is 13.8. The predicted molar refractivity (Wildman–Crippen MR) is 213 cm³/mol. The molecule has 2 fully saturated rings. The lowest BCUT2D eigenvalue weighted by molar-refractivity contribution is -0.148. The van der Waals surface area contributed by atoms with Gasteiger partial charge in [-0.25, -0.2) is 14.8 Å². The van der Waals surface area contributed by atoms with Crippen molar-refractivity contribution in [1.29, 1.82) is 0 Å². The zero-order chi connectivity index (χ0) is 37.5. The Balaban J connectivity index is 1.08. The van der Waals surface area contributed by atoms with Crippen molar-refractivity contribution in [3.8, 4) is 11.4 Å². The Kier molecular flexibility index (Phi) is 12.9. The van der Waals surface area contributed by atoms with Crippen molar-refractivity contribution in [1.82, 2.24) is 20.2 Å². The van der Waals surface area contributed by atoms with Crippen LogP contribution < -0.4 is 5.32 Å². The maximum atomic E-state index is 13.8. The van der Waals surface area contributed by atoms with Crippen LogP contribution in [0.3, 0.4) is 0 Å². The van der Waals surface area contributed by atoms with Crippen LogP contribution in [0.1, 0.15) is 137 Å². The molecule has 1 aromatic carbocycles. The molecule has 0 bridgehead atoms. The molecule has 2 amide bonds. The molecule has 1 unspecified atom stereocenters. The topological polar surface area (TPSA) is 112 Å².